The molecule has 5 heteroatoms. The van der Waals surface area contributed by atoms with E-state index in [2.05, 4.69) is 16.7 Å². The summed E-state index contributed by atoms with van der Waals surface area (Å²) in [7, 11) is 1.61. The molecule has 1 aliphatic heterocycles. The van der Waals surface area contributed by atoms with E-state index in [9.17, 15) is 0 Å². The van der Waals surface area contributed by atoms with Gasteiger partial charge in [-0.05, 0) is 42.3 Å². The molecule has 0 N–H and O–H groups in total. The molecule has 0 fully saturated rings. The standard InChI is InChI=1S/C24H22ClNO3/c1-4-16-28-22-11-6-19(18-23(22)27-3)12-14-26-15-13-24(26,29-17-5-2)20-7-9-21(25)10-8-20/h1-2,6-11,13,15,18H,12,14,16-17H2,3H3. The van der Waals surface area contributed by atoms with Gasteiger partial charge >= 0.3 is 0 Å². The minimum atomic E-state index is -0.684. The van der Waals surface area contributed by atoms with Crippen LogP contribution in [0.2, 0.25) is 5.02 Å². The molecular weight excluding hydrogens is 386 g/mol. The summed E-state index contributed by atoms with van der Waals surface area (Å²) in [5.41, 5.74) is 1.41. The first kappa shape index (κ1) is 20.7. The van der Waals surface area contributed by atoms with E-state index in [0.717, 1.165) is 24.1 Å². The van der Waals surface area contributed by atoms with Crippen LogP contribution in [0.15, 0.2) is 54.7 Å². The molecule has 1 unspecified atom stereocenters. The van der Waals surface area contributed by atoms with Gasteiger partial charge in [0.15, 0.2) is 17.2 Å². The molecule has 0 saturated carbocycles. The summed E-state index contributed by atoms with van der Waals surface area (Å²) in [6.45, 7) is 1.14. The number of hydrogen-bond acceptors (Lipinski definition) is 4. The molecule has 29 heavy (non-hydrogen) atoms. The van der Waals surface area contributed by atoms with Gasteiger partial charge < -0.3 is 19.1 Å². The maximum Gasteiger partial charge on any atom is 0.189 e. The third-order valence-electron chi connectivity index (χ3n) is 4.72. The Hall–Kier alpha value is -3.05. The smallest absolute Gasteiger partial charge is 0.189 e. The van der Waals surface area contributed by atoms with E-state index in [-0.39, 0.29) is 13.2 Å². The van der Waals surface area contributed by atoms with Crippen LogP contribution < -0.4 is 9.47 Å². The van der Waals surface area contributed by atoms with Gasteiger partial charge in [0.2, 0.25) is 0 Å². The van der Waals surface area contributed by atoms with E-state index in [0.29, 0.717) is 16.5 Å². The van der Waals surface area contributed by atoms with Crippen LogP contribution in [0.4, 0.5) is 0 Å². The van der Waals surface area contributed by atoms with Crippen molar-refractivity contribution >= 4 is 11.6 Å². The van der Waals surface area contributed by atoms with Gasteiger partial charge in [0.1, 0.15) is 13.2 Å². The van der Waals surface area contributed by atoms with Crippen LogP contribution in [0.25, 0.3) is 0 Å². The van der Waals surface area contributed by atoms with E-state index in [4.69, 9.17) is 38.7 Å². The van der Waals surface area contributed by atoms with Crippen LogP contribution >= 0.6 is 11.6 Å². The predicted octanol–water partition coefficient (Wildman–Crippen LogP) is 4.24. The molecule has 0 aromatic heterocycles. The molecule has 0 radical (unpaired) electrons. The van der Waals surface area contributed by atoms with Crippen LogP contribution in [0.5, 0.6) is 11.5 Å². The topological polar surface area (TPSA) is 30.9 Å². The molecule has 2 aromatic rings. The molecule has 3 rings (SSSR count). The van der Waals surface area contributed by atoms with Crippen molar-refractivity contribution in [2.24, 2.45) is 0 Å². The first-order chi connectivity index (χ1) is 14.1. The van der Waals surface area contributed by atoms with Crippen molar-refractivity contribution in [2.75, 3.05) is 26.9 Å². The minimum absolute atomic E-state index is 0.199. The number of benzene rings is 2. The normalized spacial score (nSPS) is 17.2. The lowest BCUT2D eigenvalue weighted by molar-refractivity contribution is -0.118. The number of terminal acetylenes is 2. The second-order valence-corrected chi connectivity index (χ2v) is 6.87. The summed E-state index contributed by atoms with van der Waals surface area (Å²) in [5, 5.41) is 0.676. The maximum absolute atomic E-state index is 6.05. The van der Waals surface area contributed by atoms with Crippen molar-refractivity contribution in [1.82, 2.24) is 4.90 Å². The average molecular weight is 408 g/mol. The Balaban J connectivity index is 1.74. The highest BCUT2D eigenvalue weighted by Gasteiger charge is 2.41. The molecule has 0 saturated heterocycles. The summed E-state index contributed by atoms with van der Waals surface area (Å²) in [6, 6.07) is 13.4. The highest BCUT2D eigenvalue weighted by molar-refractivity contribution is 6.30. The summed E-state index contributed by atoms with van der Waals surface area (Å²) in [6.07, 6.45) is 15.5. The molecule has 0 spiro atoms. The van der Waals surface area contributed by atoms with E-state index in [1.807, 2.05) is 54.7 Å². The maximum atomic E-state index is 6.05. The highest BCUT2D eigenvalue weighted by atomic mass is 35.5. The van der Waals surface area contributed by atoms with Crippen LogP contribution in [0.1, 0.15) is 11.1 Å². The van der Waals surface area contributed by atoms with Crippen molar-refractivity contribution in [2.45, 2.75) is 12.1 Å². The Morgan fingerprint density at radius 1 is 1.03 bits per heavy atom. The third kappa shape index (κ3) is 4.51. The highest BCUT2D eigenvalue weighted by Crippen LogP contribution is 2.39. The molecule has 1 heterocycles. The lowest BCUT2D eigenvalue weighted by Gasteiger charge is -2.47. The summed E-state index contributed by atoms with van der Waals surface area (Å²) < 4.78 is 17.0. The number of nitrogens with zero attached hydrogens (tertiary/aromatic N) is 1. The largest absolute Gasteiger partial charge is 0.493 e. The van der Waals surface area contributed by atoms with E-state index >= 15 is 0 Å². The minimum Gasteiger partial charge on any atom is -0.493 e. The Kier molecular flexibility index (Phi) is 6.73. The van der Waals surface area contributed by atoms with Gasteiger partial charge in [-0.2, -0.15) is 0 Å². The van der Waals surface area contributed by atoms with Crippen LogP contribution in [0.3, 0.4) is 0 Å². The van der Waals surface area contributed by atoms with Crippen molar-refractivity contribution in [3.63, 3.8) is 0 Å². The number of rotatable bonds is 9. The molecule has 4 nitrogen and oxygen atoms in total. The Morgan fingerprint density at radius 3 is 2.41 bits per heavy atom. The second kappa shape index (κ2) is 9.43. The number of halogens is 1. The van der Waals surface area contributed by atoms with Crippen LogP contribution in [0, 0.1) is 24.7 Å². The van der Waals surface area contributed by atoms with Gasteiger partial charge in [-0.25, -0.2) is 0 Å². The lowest BCUT2D eigenvalue weighted by atomic mass is 9.95. The van der Waals surface area contributed by atoms with Crippen molar-refractivity contribution < 1.29 is 14.2 Å². The zero-order valence-electron chi connectivity index (χ0n) is 16.2. The van der Waals surface area contributed by atoms with Gasteiger partial charge in [-0.3, -0.25) is 0 Å². The Morgan fingerprint density at radius 2 is 1.79 bits per heavy atom. The molecule has 148 valence electrons. The van der Waals surface area contributed by atoms with Crippen molar-refractivity contribution in [1.29, 1.82) is 0 Å². The van der Waals surface area contributed by atoms with Gasteiger partial charge in [0, 0.05) is 23.3 Å². The van der Waals surface area contributed by atoms with Gasteiger partial charge in [-0.15, -0.1) is 12.8 Å². The fourth-order valence-corrected chi connectivity index (χ4v) is 3.35. The summed E-state index contributed by atoms with van der Waals surface area (Å²) in [5.74, 6) is 6.29. The summed E-state index contributed by atoms with van der Waals surface area (Å²) in [4.78, 5) is 2.13. The molecule has 1 atom stereocenters. The van der Waals surface area contributed by atoms with E-state index < -0.39 is 5.72 Å². The second-order valence-electron chi connectivity index (χ2n) is 6.43. The number of ether oxygens (including phenoxy) is 3. The van der Waals surface area contributed by atoms with Crippen molar-refractivity contribution in [3.8, 4) is 36.2 Å². The van der Waals surface area contributed by atoms with Gasteiger partial charge in [0.25, 0.3) is 0 Å². The zero-order valence-corrected chi connectivity index (χ0v) is 17.0. The van der Waals surface area contributed by atoms with Crippen LogP contribution in [-0.2, 0) is 16.9 Å². The van der Waals surface area contributed by atoms with Crippen molar-refractivity contribution in [3.05, 3.63) is 70.9 Å². The fraction of sp³-hybridized carbons (Fsp3) is 0.250. The summed E-state index contributed by atoms with van der Waals surface area (Å²) >= 11 is 6.04. The molecule has 0 aliphatic carbocycles. The van der Waals surface area contributed by atoms with Gasteiger partial charge in [0.05, 0.1) is 7.11 Å². The number of methoxy groups -OCH3 is 1. The quantitative estimate of drug-likeness (QED) is 0.582. The average Bonchev–Trinajstić information content (AvgIpc) is 2.73. The SMILES string of the molecule is C#CCOc1ccc(CCN2C=CC2(OCC#C)c2ccc(Cl)cc2)cc1OC. The molecule has 0 amide bonds. The predicted molar refractivity (Wildman–Crippen MR) is 115 cm³/mol. The van der Waals surface area contributed by atoms with E-state index in [1.165, 1.54) is 0 Å². The first-order valence-corrected chi connectivity index (χ1v) is 9.53. The monoisotopic (exact) mass is 407 g/mol. The van der Waals surface area contributed by atoms with Crippen LogP contribution in [-0.4, -0.2) is 31.8 Å². The zero-order chi connectivity index (χ0) is 20.7. The molecule has 2 aromatic carbocycles. The lowest BCUT2D eigenvalue weighted by Crippen LogP contribution is -2.51. The Labute approximate surface area is 177 Å². The fourth-order valence-electron chi connectivity index (χ4n) is 3.23. The first-order valence-electron chi connectivity index (χ1n) is 9.15. The molecular formula is C24H22ClNO3. The third-order valence-corrected chi connectivity index (χ3v) is 4.97. The molecule has 0 bridgehead atoms. The number of hydrogen-bond donors (Lipinski definition) is 0. The van der Waals surface area contributed by atoms with Gasteiger partial charge in [-0.1, -0.05) is 41.6 Å². The molecule has 1 aliphatic rings. The Bertz CT molecular complexity index is 956. The van der Waals surface area contributed by atoms with E-state index in [1.54, 1.807) is 7.11 Å².